The molecule has 4 rings (SSSR count). The van der Waals surface area contributed by atoms with Gasteiger partial charge in [0.1, 0.15) is 18.9 Å². The van der Waals surface area contributed by atoms with Gasteiger partial charge in [-0.05, 0) is 55.0 Å². The molecule has 1 aliphatic rings. The van der Waals surface area contributed by atoms with E-state index < -0.39 is 0 Å². The van der Waals surface area contributed by atoms with Gasteiger partial charge >= 0.3 is 0 Å². The summed E-state index contributed by atoms with van der Waals surface area (Å²) in [7, 11) is 2.19. The summed E-state index contributed by atoms with van der Waals surface area (Å²) in [5, 5.41) is 0. The first kappa shape index (κ1) is 17.0. The normalized spacial score (nSPS) is 12.4. The first-order valence-corrected chi connectivity index (χ1v) is 9.46. The summed E-state index contributed by atoms with van der Waals surface area (Å²) in [4.78, 5) is 4.92. The van der Waals surface area contributed by atoms with Crippen LogP contribution in [0.25, 0.3) is 22.5 Å². The van der Waals surface area contributed by atoms with E-state index in [2.05, 4.69) is 82.8 Å². The minimum absolute atomic E-state index is 0.533. The zero-order chi connectivity index (χ0) is 18.6. The van der Waals surface area contributed by atoms with E-state index in [0.29, 0.717) is 5.92 Å². The number of nitrogens with zero attached hydrogens (tertiary/aromatic N) is 2. The summed E-state index contributed by atoms with van der Waals surface area (Å²) >= 11 is 0. The zero-order valence-electron chi connectivity index (χ0n) is 16.6. The monoisotopic (exact) mass is 343 g/mol. The molecule has 0 spiro atoms. The highest BCUT2D eigenvalue weighted by atomic mass is 15.0. The van der Waals surface area contributed by atoms with Crippen LogP contribution >= 0.6 is 0 Å². The van der Waals surface area contributed by atoms with Gasteiger partial charge in [-0.1, -0.05) is 43.7 Å². The topological polar surface area (TPSA) is 16.8 Å². The molecule has 2 heteroatoms. The van der Waals surface area contributed by atoms with Crippen LogP contribution in [0.4, 0.5) is 0 Å². The summed E-state index contributed by atoms with van der Waals surface area (Å²) in [6, 6.07) is 11.2. The van der Waals surface area contributed by atoms with Crippen LogP contribution in [0.5, 0.6) is 0 Å². The average molecular weight is 343 g/mol. The van der Waals surface area contributed by atoms with Crippen molar-refractivity contribution in [2.45, 2.75) is 47.0 Å². The maximum atomic E-state index is 4.92. The van der Waals surface area contributed by atoms with Crippen LogP contribution in [-0.4, -0.2) is 4.98 Å². The van der Waals surface area contributed by atoms with Gasteiger partial charge in [-0.25, -0.2) is 4.98 Å². The van der Waals surface area contributed by atoms with E-state index in [0.717, 1.165) is 12.1 Å². The quantitative estimate of drug-likeness (QED) is 0.458. The van der Waals surface area contributed by atoms with Gasteiger partial charge in [0, 0.05) is 5.56 Å². The minimum atomic E-state index is 0.533. The zero-order valence-corrected chi connectivity index (χ0v) is 16.6. The largest absolute Gasteiger partial charge is 0.243 e. The molecule has 3 aromatic rings. The van der Waals surface area contributed by atoms with Gasteiger partial charge < -0.3 is 0 Å². The second-order valence-electron chi connectivity index (χ2n) is 7.96. The Balaban J connectivity index is 1.91. The van der Waals surface area contributed by atoms with E-state index in [1.54, 1.807) is 0 Å². The van der Waals surface area contributed by atoms with Crippen molar-refractivity contribution in [3.63, 3.8) is 0 Å². The van der Waals surface area contributed by atoms with Crippen molar-refractivity contribution >= 4 is 0 Å². The predicted molar refractivity (Wildman–Crippen MR) is 107 cm³/mol. The van der Waals surface area contributed by atoms with Gasteiger partial charge in [0.2, 0.25) is 11.4 Å². The number of aromatic nitrogens is 2. The minimum Gasteiger partial charge on any atom is -0.243 e. The maximum Gasteiger partial charge on any atom is 0.231 e. The third kappa shape index (κ3) is 2.47. The molecule has 1 aliphatic carbocycles. The van der Waals surface area contributed by atoms with E-state index in [-0.39, 0.29) is 0 Å². The highest BCUT2D eigenvalue weighted by molar-refractivity contribution is 5.74. The molecule has 0 fully saturated rings. The highest BCUT2D eigenvalue weighted by Crippen LogP contribution is 2.38. The molecule has 132 valence electrons. The molecule has 2 nitrogen and oxygen atoms in total. The molecule has 0 N–H and O–H groups in total. The first-order valence-electron chi connectivity index (χ1n) is 9.46. The van der Waals surface area contributed by atoms with Gasteiger partial charge in [0.15, 0.2) is 0 Å². The van der Waals surface area contributed by atoms with Gasteiger partial charge in [0.25, 0.3) is 0 Å². The van der Waals surface area contributed by atoms with Crippen molar-refractivity contribution in [3.05, 3.63) is 70.0 Å². The van der Waals surface area contributed by atoms with Crippen LogP contribution < -0.4 is 4.57 Å². The van der Waals surface area contributed by atoms with Crippen molar-refractivity contribution in [2.75, 3.05) is 0 Å². The number of rotatable bonds is 2. The Hall–Kier alpha value is -2.48. The molecule has 0 saturated carbocycles. The van der Waals surface area contributed by atoms with Crippen LogP contribution in [0.3, 0.4) is 0 Å². The standard InChI is InChI=1S/C24H27N2/c1-14(2)18-8-7-9-19-21(18)12-22-24(19)25-13-23(26(22)6)20-11-15(3)10-16(4)17(20)5/h7-11,13-14H,12H2,1-6H3/q+1. The van der Waals surface area contributed by atoms with Crippen LogP contribution in [0.2, 0.25) is 0 Å². The molecule has 26 heavy (non-hydrogen) atoms. The molecule has 0 saturated heterocycles. The SMILES string of the molecule is Cc1cc(C)c(C)c(-c2cnc3c([n+]2C)Cc2c-3cccc2C(C)C)c1. The summed E-state index contributed by atoms with van der Waals surface area (Å²) in [6.45, 7) is 11.1. The van der Waals surface area contributed by atoms with Crippen molar-refractivity contribution in [3.8, 4) is 22.5 Å². The number of aryl methyl sites for hydroxylation is 2. The molecule has 1 aromatic heterocycles. The van der Waals surface area contributed by atoms with Crippen LogP contribution in [0.15, 0.2) is 36.5 Å². The Morgan fingerprint density at radius 2 is 1.81 bits per heavy atom. The predicted octanol–water partition coefficient (Wildman–Crippen LogP) is 5.19. The van der Waals surface area contributed by atoms with E-state index in [4.69, 9.17) is 4.98 Å². The Kier molecular flexibility index (Phi) is 3.95. The molecule has 1 heterocycles. The average Bonchev–Trinajstić information content (AvgIpc) is 2.98. The lowest BCUT2D eigenvalue weighted by Crippen LogP contribution is -2.36. The first-order chi connectivity index (χ1) is 12.4. The Morgan fingerprint density at radius 1 is 1.04 bits per heavy atom. The molecule has 2 aromatic carbocycles. The van der Waals surface area contributed by atoms with Gasteiger partial charge in [0.05, 0.1) is 12.0 Å². The number of hydrogen-bond acceptors (Lipinski definition) is 1. The van der Waals surface area contributed by atoms with Crippen LogP contribution in [-0.2, 0) is 13.5 Å². The molecular formula is C24H27N2+. The Bertz CT molecular complexity index is 1030. The van der Waals surface area contributed by atoms with Crippen molar-refractivity contribution in [1.82, 2.24) is 4.98 Å². The molecule has 0 atom stereocenters. The third-order valence-electron chi connectivity index (χ3n) is 5.88. The van der Waals surface area contributed by atoms with E-state index in [9.17, 15) is 0 Å². The lowest BCUT2D eigenvalue weighted by Gasteiger charge is -2.10. The van der Waals surface area contributed by atoms with Crippen molar-refractivity contribution in [2.24, 2.45) is 7.05 Å². The van der Waals surface area contributed by atoms with Crippen molar-refractivity contribution < 1.29 is 4.57 Å². The molecule has 0 radical (unpaired) electrons. The summed E-state index contributed by atoms with van der Waals surface area (Å²) in [5.74, 6) is 0.533. The highest BCUT2D eigenvalue weighted by Gasteiger charge is 2.32. The second kappa shape index (κ2) is 6.05. The second-order valence-corrected chi connectivity index (χ2v) is 7.96. The fraction of sp³-hybridized carbons (Fsp3) is 0.333. The number of fused-ring (bicyclic) bond motifs is 3. The Morgan fingerprint density at radius 3 is 2.54 bits per heavy atom. The van der Waals surface area contributed by atoms with Gasteiger partial charge in [-0.15, -0.1) is 0 Å². The van der Waals surface area contributed by atoms with Crippen LogP contribution in [0.1, 0.15) is 53.3 Å². The fourth-order valence-corrected chi connectivity index (χ4v) is 4.31. The molecule has 0 bridgehead atoms. The van der Waals surface area contributed by atoms with Gasteiger partial charge in [-0.3, -0.25) is 0 Å². The number of hydrogen-bond donors (Lipinski definition) is 0. The summed E-state index contributed by atoms with van der Waals surface area (Å²) < 4.78 is 2.35. The lowest BCUT2D eigenvalue weighted by molar-refractivity contribution is -0.667. The van der Waals surface area contributed by atoms with E-state index in [1.807, 2.05) is 0 Å². The molecule has 0 amide bonds. The summed E-state index contributed by atoms with van der Waals surface area (Å²) in [5.41, 5.74) is 13.2. The van der Waals surface area contributed by atoms with Crippen LogP contribution in [0, 0.1) is 20.8 Å². The number of benzene rings is 2. The Labute approximate surface area is 156 Å². The smallest absolute Gasteiger partial charge is 0.231 e. The maximum absolute atomic E-state index is 4.92. The molecule has 0 unspecified atom stereocenters. The van der Waals surface area contributed by atoms with E-state index in [1.165, 1.54) is 50.3 Å². The molecular weight excluding hydrogens is 316 g/mol. The third-order valence-corrected chi connectivity index (χ3v) is 5.88. The molecule has 0 aliphatic heterocycles. The fourth-order valence-electron chi connectivity index (χ4n) is 4.31. The van der Waals surface area contributed by atoms with E-state index >= 15 is 0 Å². The lowest BCUT2D eigenvalue weighted by atomic mass is 9.94. The summed E-state index contributed by atoms with van der Waals surface area (Å²) in [6.07, 6.45) is 3.03. The van der Waals surface area contributed by atoms with Gasteiger partial charge in [-0.2, -0.15) is 4.57 Å². The van der Waals surface area contributed by atoms with Crippen molar-refractivity contribution in [1.29, 1.82) is 0 Å².